The number of carbonyl (C=O) groups is 2. The second-order valence-corrected chi connectivity index (χ2v) is 7.80. The topological polar surface area (TPSA) is 56.8 Å². The largest absolute Gasteiger partial charge is 0.417 e. The summed E-state index contributed by atoms with van der Waals surface area (Å²) in [5.41, 5.74) is 0.126. The van der Waals surface area contributed by atoms with Gasteiger partial charge in [-0.05, 0) is 24.1 Å². The summed E-state index contributed by atoms with van der Waals surface area (Å²) in [6.45, 7) is 2.59. The zero-order valence-corrected chi connectivity index (χ0v) is 16.9. The third-order valence-electron chi connectivity index (χ3n) is 5.77. The predicted octanol–water partition coefficient (Wildman–Crippen LogP) is 2.94. The van der Waals surface area contributed by atoms with E-state index in [2.05, 4.69) is 4.98 Å². The number of anilines is 1. The van der Waals surface area contributed by atoms with Crippen molar-refractivity contribution in [1.29, 1.82) is 0 Å². The first-order chi connectivity index (χ1) is 14.8. The molecule has 2 aromatic rings. The number of halogens is 3. The van der Waals surface area contributed by atoms with Crippen molar-refractivity contribution in [3.63, 3.8) is 0 Å². The van der Waals surface area contributed by atoms with Crippen molar-refractivity contribution < 1.29 is 22.8 Å². The van der Waals surface area contributed by atoms with Crippen LogP contribution in [-0.2, 0) is 22.3 Å². The van der Waals surface area contributed by atoms with Gasteiger partial charge in [-0.15, -0.1) is 0 Å². The minimum atomic E-state index is -4.41. The molecule has 2 fully saturated rings. The first kappa shape index (κ1) is 21.3. The average Bonchev–Trinajstić information content (AvgIpc) is 2.92. The van der Waals surface area contributed by atoms with Crippen molar-refractivity contribution in [3.8, 4) is 0 Å². The van der Waals surface area contributed by atoms with Crippen LogP contribution in [0, 0.1) is 0 Å². The summed E-state index contributed by atoms with van der Waals surface area (Å²) >= 11 is 0. The molecule has 0 spiro atoms. The number of benzene rings is 1. The van der Waals surface area contributed by atoms with Crippen LogP contribution in [-0.4, -0.2) is 58.8 Å². The highest BCUT2D eigenvalue weighted by Crippen LogP contribution is 2.30. The predicted molar refractivity (Wildman–Crippen MR) is 108 cm³/mol. The summed E-state index contributed by atoms with van der Waals surface area (Å²) in [6.07, 6.45) is -2.69. The molecule has 164 valence electrons. The van der Waals surface area contributed by atoms with E-state index in [1.807, 2.05) is 40.1 Å². The summed E-state index contributed by atoms with van der Waals surface area (Å²) in [5, 5.41) is 0. The fraction of sp³-hybridized carbons (Fsp3) is 0.409. The highest BCUT2D eigenvalue weighted by Gasteiger charge is 2.42. The monoisotopic (exact) mass is 432 g/mol. The van der Waals surface area contributed by atoms with Crippen molar-refractivity contribution in [2.75, 3.05) is 31.1 Å². The van der Waals surface area contributed by atoms with E-state index < -0.39 is 17.8 Å². The molecule has 31 heavy (non-hydrogen) atoms. The zero-order valence-electron chi connectivity index (χ0n) is 16.9. The number of amides is 2. The van der Waals surface area contributed by atoms with Gasteiger partial charge in [-0.1, -0.05) is 30.3 Å². The highest BCUT2D eigenvalue weighted by atomic mass is 19.4. The van der Waals surface area contributed by atoms with Crippen LogP contribution in [0.3, 0.4) is 0 Å². The number of imide groups is 1. The number of likely N-dealkylation sites (tertiary alicyclic amines) is 1. The molecule has 0 radical (unpaired) electrons. The lowest BCUT2D eigenvalue weighted by molar-refractivity contribution is -0.140. The zero-order chi connectivity index (χ0) is 22.0. The maximum absolute atomic E-state index is 12.9. The molecule has 1 atom stereocenters. The van der Waals surface area contributed by atoms with Gasteiger partial charge >= 0.3 is 6.18 Å². The van der Waals surface area contributed by atoms with Gasteiger partial charge in [0.2, 0.25) is 11.8 Å². The van der Waals surface area contributed by atoms with Gasteiger partial charge in [-0.2, -0.15) is 13.2 Å². The fourth-order valence-electron chi connectivity index (χ4n) is 4.10. The fourth-order valence-corrected chi connectivity index (χ4v) is 4.10. The number of carbonyl (C=O) groups excluding carboxylic acids is 2. The Morgan fingerprint density at radius 2 is 1.74 bits per heavy atom. The van der Waals surface area contributed by atoms with Gasteiger partial charge < -0.3 is 4.90 Å². The third-order valence-corrected chi connectivity index (χ3v) is 5.77. The molecule has 3 heterocycles. The van der Waals surface area contributed by atoms with Crippen LogP contribution < -0.4 is 4.90 Å². The summed E-state index contributed by atoms with van der Waals surface area (Å²) < 4.78 is 38.3. The molecule has 2 aliphatic rings. The summed E-state index contributed by atoms with van der Waals surface area (Å²) in [4.78, 5) is 34.7. The maximum atomic E-state index is 12.9. The molecule has 0 bridgehead atoms. The van der Waals surface area contributed by atoms with Gasteiger partial charge in [0.05, 0.1) is 24.6 Å². The van der Waals surface area contributed by atoms with E-state index in [1.54, 1.807) is 0 Å². The number of rotatable bonds is 4. The van der Waals surface area contributed by atoms with Gasteiger partial charge in [-0.25, -0.2) is 4.98 Å². The number of aromatic nitrogens is 1. The van der Waals surface area contributed by atoms with Crippen molar-refractivity contribution in [1.82, 2.24) is 14.8 Å². The van der Waals surface area contributed by atoms with Gasteiger partial charge in [0.25, 0.3) is 0 Å². The molecule has 0 saturated carbocycles. The van der Waals surface area contributed by atoms with Crippen LogP contribution in [0.15, 0.2) is 48.7 Å². The van der Waals surface area contributed by atoms with E-state index in [-0.39, 0.29) is 24.8 Å². The van der Waals surface area contributed by atoms with Crippen LogP contribution in [0.4, 0.5) is 19.0 Å². The van der Waals surface area contributed by atoms with Crippen LogP contribution in [0.1, 0.15) is 24.0 Å². The summed E-state index contributed by atoms with van der Waals surface area (Å²) in [7, 11) is 0. The van der Waals surface area contributed by atoms with Crippen LogP contribution in [0.25, 0.3) is 0 Å². The van der Waals surface area contributed by atoms with Crippen molar-refractivity contribution >= 4 is 17.6 Å². The standard InChI is InChI=1S/C22H23F3N4O2/c23-22(24,25)17-7-8-19(26-14-17)28-10-4-9-27(11-12-28)18-13-20(30)29(21(18)31)15-16-5-2-1-3-6-16/h1-3,5-8,14,18H,4,9-13,15H2/t18-/m0/s1. The Labute approximate surface area is 178 Å². The minimum absolute atomic E-state index is 0.157. The smallest absolute Gasteiger partial charge is 0.355 e. The first-order valence-electron chi connectivity index (χ1n) is 10.2. The lowest BCUT2D eigenvalue weighted by atomic mass is 10.2. The summed E-state index contributed by atoms with van der Waals surface area (Å²) in [6, 6.07) is 11.3. The molecule has 2 amide bonds. The lowest BCUT2D eigenvalue weighted by Crippen LogP contribution is -2.43. The molecule has 0 unspecified atom stereocenters. The number of hydrogen-bond acceptors (Lipinski definition) is 5. The van der Waals surface area contributed by atoms with Crippen LogP contribution in [0.5, 0.6) is 0 Å². The second-order valence-electron chi connectivity index (χ2n) is 7.80. The molecule has 2 aliphatic heterocycles. The Balaban J connectivity index is 1.39. The molecule has 0 N–H and O–H groups in total. The molecule has 1 aromatic carbocycles. The quantitative estimate of drug-likeness (QED) is 0.696. The molecule has 0 aliphatic carbocycles. The van der Waals surface area contributed by atoms with Gasteiger partial charge in [0.15, 0.2) is 0 Å². The molecular weight excluding hydrogens is 409 g/mol. The molecular formula is C22H23F3N4O2. The van der Waals surface area contributed by atoms with Crippen molar-refractivity contribution in [3.05, 3.63) is 59.8 Å². The molecule has 9 heteroatoms. The summed E-state index contributed by atoms with van der Waals surface area (Å²) in [5.74, 6) is 0.119. The van der Waals surface area contributed by atoms with E-state index in [0.29, 0.717) is 32.0 Å². The Morgan fingerprint density at radius 3 is 2.42 bits per heavy atom. The van der Waals surface area contributed by atoms with Crippen molar-refractivity contribution in [2.24, 2.45) is 0 Å². The number of nitrogens with zero attached hydrogens (tertiary/aromatic N) is 4. The van der Waals surface area contributed by atoms with E-state index in [9.17, 15) is 22.8 Å². The molecule has 4 rings (SSSR count). The molecule has 6 nitrogen and oxygen atoms in total. The lowest BCUT2D eigenvalue weighted by Gasteiger charge is -2.26. The Hall–Kier alpha value is -2.94. The maximum Gasteiger partial charge on any atom is 0.417 e. The third kappa shape index (κ3) is 4.71. The number of hydrogen-bond donors (Lipinski definition) is 0. The molecule has 2 saturated heterocycles. The number of alkyl halides is 3. The number of pyridine rings is 1. The second kappa shape index (κ2) is 8.66. The van der Waals surface area contributed by atoms with Gasteiger partial charge in [0.1, 0.15) is 5.82 Å². The van der Waals surface area contributed by atoms with E-state index in [1.165, 1.54) is 11.0 Å². The highest BCUT2D eigenvalue weighted by molar-refractivity contribution is 6.05. The Bertz CT molecular complexity index is 934. The van der Waals surface area contributed by atoms with Crippen LogP contribution >= 0.6 is 0 Å². The van der Waals surface area contributed by atoms with Gasteiger partial charge in [-0.3, -0.25) is 19.4 Å². The Kier molecular flexibility index (Phi) is 5.95. The molecule has 1 aromatic heterocycles. The average molecular weight is 432 g/mol. The SMILES string of the molecule is O=C1C[C@H](N2CCCN(c3ccc(C(F)(F)F)cn3)CC2)C(=O)N1Cc1ccccc1. The Morgan fingerprint density at radius 1 is 0.968 bits per heavy atom. The minimum Gasteiger partial charge on any atom is -0.355 e. The first-order valence-corrected chi connectivity index (χ1v) is 10.2. The van der Waals surface area contributed by atoms with Gasteiger partial charge in [0, 0.05) is 32.4 Å². The van der Waals surface area contributed by atoms with E-state index in [4.69, 9.17) is 0 Å². The van der Waals surface area contributed by atoms with E-state index >= 15 is 0 Å². The van der Waals surface area contributed by atoms with Crippen molar-refractivity contribution in [2.45, 2.75) is 31.6 Å². The van der Waals surface area contributed by atoms with E-state index in [0.717, 1.165) is 24.2 Å². The van der Waals surface area contributed by atoms with Crippen LogP contribution in [0.2, 0.25) is 0 Å². The normalized spacial score (nSPS) is 20.9.